The first-order chi connectivity index (χ1) is 6.14. The van der Waals surface area contributed by atoms with Gasteiger partial charge in [-0.2, -0.15) is 0 Å². The van der Waals surface area contributed by atoms with Gasteiger partial charge in [-0.15, -0.1) is 0 Å². The predicted molar refractivity (Wildman–Crippen MR) is 50.9 cm³/mol. The van der Waals surface area contributed by atoms with Crippen molar-refractivity contribution in [3.05, 3.63) is 35.6 Å². The summed E-state index contributed by atoms with van der Waals surface area (Å²) in [5.74, 6) is -0.325. The van der Waals surface area contributed by atoms with E-state index in [4.69, 9.17) is 0 Å². The molecule has 13 heavy (non-hydrogen) atoms. The zero-order valence-electron chi connectivity index (χ0n) is 8.05. The van der Waals surface area contributed by atoms with Crippen molar-refractivity contribution in [1.29, 1.82) is 0 Å². The minimum Gasteiger partial charge on any atom is -0.385 e. The van der Waals surface area contributed by atoms with E-state index in [1.165, 1.54) is 6.07 Å². The lowest BCUT2D eigenvalue weighted by Gasteiger charge is -2.25. The van der Waals surface area contributed by atoms with Gasteiger partial charge in [0.15, 0.2) is 0 Å². The molecule has 0 saturated heterocycles. The Labute approximate surface area is 78.2 Å². The quantitative estimate of drug-likeness (QED) is 0.762. The Bertz CT molecular complexity index is 279. The van der Waals surface area contributed by atoms with Gasteiger partial charge >= 0.3 is 0 Å². The highest BCUT2D eigenvalue weighted by atomic mass is 19.1. The van der Waals surface area contributed by atoms with Gasteiger partial charge < -0.3 is 5.11 Å². The Kier molecular flexibility index (Phi) is 3.04. The summed E-state index contributed by atoms with van der Waals surface area (Å²) in [5.41, 5.74) is -0.606. The number of hydrogen-bond donors (Lipinski definition) is 1. The predicted octanol–water partition coefficient (Wildman–Crippen LogP) is 2.83. The zero-order valence-corrected chi connectivity index (χ0v) is 8.05. The Morgan fingerprint density at radius 2 is 1.77 bits per heavy atom. The van der Waals surface area contributed by atoms with Gasteiger partial charge in [-0.3, -0.25) is 0 Å². The second-order valence-corrected chi connectivity index (χ2v) is 3.22. The largest absolute Gasteiger partial charge is 0.385 e. The third-order valence-electron chi connectivity index (χ3n) is 2.54. The number of aliphatic hydroxyl groups is 1. The van der Waals surface area contributed by atoms with E-state index in [9.17, 15) is 9.50 Å². The Balaban J connectivity index is 3.12. The van der Waals surface area contributed by atoms with Gasteiger partial charge in [-0.05, 0) is 18.9 Å². The highest BCUT2D eigenvalue weighted by Gasteiger charge is 2.27. The molecule has 0 aliphatic rings. The van der Waals surface area contributed by atoms with Gasteiger partial charge in [-0.1, -0.05) is 32.0 Å². The van der Waals surface area contributed by atoms with E-state index in [0.29, 0.717) is 18.4 Å². The molecule has 2 heteroatoms. The van der Waals surface area contributed by atoms with Crippen LogP contribution in [0, 0.1) is 5.82 Å². The summed E-state index contributed by atoms with van der Waals surface area (Å²) in [4.78, 5) is 0. The maximum atomic E-state index is 13.3. The Hall–Kier alpha value is -0.890. The molecule has 0 unspecified atom stereocenters. The number of halogens is 1. The van der Waals surface area contributed by atoms with Crippen LogP contribution in [0.25, 0.3) is 0 Å². The smallest absolute Gasteiger partial charge is 0.129 e. The van der Waals surface area contributed by atoms with Crippen LogP contribution in [-0.2, 0) is 5.60 Å². The fourth-order valence-electron chi connectivity index (χ4n) is 1.47. The summed E-state index contributed by atoms with van der Waals surface area (Å²) in [7, 11) is 0. The standard InChI is InChI=1S/C11H15FO/c1-3-11(13,4-2)9-7-5-6-8-10(9)12/h5-8,13H,3-4H2,1-2H3. The third-order valence-corrected chi connectivity index (χ3v) is 2.54. The highest BCUT2D eigenvalue weighted by molar-refractivity contribution is 5.23. The van der Waals surface area contributed by atoms with Crippen molar-refractivity contribution >= 4 is 0 Å². The lowest BCUT2D eigenvalue weighted by molar-refractivity contribution is 0.0249. The van der Waals surface area contributed by atoms with Crippen molar-refractivity contribution in [2.45, 2.75) is 32.3 Å². The molecule has 1 nitrogen and oxygen atoms in total. The molecule has 0 aliphatic carbocycles. The molecule has 0 atom stereocenters. The maximum Gasteiger partial charge on any atom is 0.129 e. The van der Waals surface area contributed by atoms with Crippen molar-refractivity contribution in [2.75, 3.05) is 0 Å². The van der Waals surface area contributed by atoms with Crippen LogP contribution in [0.2, 0.25) is 0 Å². The van der Waals surface area contributed by atoms with E-state index in [1.807, 2.05) is 13.8 Å². The van der Waals surface area contributed by atoms with Crippen LogP contribution in [0.4, 0.5) is 4.39 Å². The molecular formula is C11H15FO. The van der Waals surface area contributed by atoms with Gasteiger partial charge in [0.1, 0.15) is 5.82 Å². The molecule has 0 fully saturated rings. The van der Waals surface area contributed by atoms with Crippen LogP contribution in [0.1, 0.15) is 32.3 Å². The number of benzene rings is 1. The molecule has 1 aromatic rings. The average Bonchev–Trinajstić information content (AvgIpc) is 2.17. The first-order valence-corrected chi connectivity index (χ1v) is 4.61. The molecule has 1 aromatic carbocycles. The summed E-state index contributed by atoms with van der Waals surface area (Å²) >= 11 is 0. The zero-order chi connectivity index (χ0) is 9.90. The molecule has 0 aliphatic heterocycles. The van der Waals surface area contributed by atoms with Gasteiger partial charge in [0.05, 0.1) is 5.60 Å². The minimum absolute atomic E-state index is 0.325. The monoisotopic (exact) mass is 182 g/mol. The van der Waals surface area contributed by atoms with Gasteiger partial charge in [0.2, 0.25) is 0 Å². The molecule has 1 rings (SSSR count). The van der Waals surface area contributed by atoms with Crippen LogP contribution in [0.3, 0.4) is 0 Å². The number of hydrogen-bond acceptors (Lipinski definition) is 1. The minimum atomic E-state index is -1.01. The van der Waals surface area contributed by atoms with E-state index in [2.05, 4.69) is 0 Å². The van der Waals surface area contributed by atoms with Crippen molar-refractivity contribution in [1.82, 2.24) is 0 Å². The molecule has 0 heterocycles. The molecule has 0 bridgehead atoms. The average molecular weight is 182 g/mol. The van der Waals surface area contributed by atoms with Crippen LogP contribution < -0.4 is 0 Å². The van der Waals surface area contributed by atoms with E-state index in [-0.39, 0.29) is 5.82 Å². The number of rotatable bonds is 3. The summed E-state index contributed by atoms with van der Waals surface area (Å²) < 4.78 is 13.3. The van der Waals surface area contributed by atoms with E-state index < -0.39 is 5.60 Å². The summed E-state index contributed by atoms with van der Waals surface area (Å²) in [6, 6.07) is 6.40. The first kappa shape index (κ1) is 10.2. The summed E-state index contributed by atoms with van der Waals surface area (Å²) in [6.07, 6.45) is 1.06. The molecular weight excluding hydrogens is 167 g/mol. The third kappa shape index (κ3) is 1.89. The van der Waals surface area contributed by atoms with Crippen molar-refractivity contribution in [3.63, 3.8) is 0 Å². The molecule has 0 saturated carbocycles. The van der Waals surface area contributed by atoms with E-state index >= 15 is 0 Å². The van der Waals surface area contributed by atoms with Crippen LogP contribution in [0.5, 0.6) is 0 Å². The maximum absolute atomic E-state index is 13.3. The SMILES string of the molecule is CCC(O)(CC)c1ccccc1F. The lowest BCUT2D eigenvalue weighted by atomic mass is 9.88. The van der Waals surface area contributed by atoms with Crippen LogP contribution in [-0.4, -0.2) is 5.11 Å². The van der Waals surface area contributed by atoms with Gasteiger partial charge in [0.25, 0.3) is 0 Å². The van der Waals surface area contributed by atoms with Gasteiger partial charge in [-0.25, -0.2) is 4.39 Å². The van der Waals surface area contributed by atoms with E-state index in [0.717, 1.165) is 0 Å². The van der Waals surface area contributed by atoms with Crippen LogP contribution in [0.15, 0.2) is 24.3 Å². The first-order valence-electron chi connectivity index (χ1n) is 4.61. The Morgan fingerprint density at radius 1 is 1.23 bits per heavy atom. The van der Waals surface area contributed by atoms with Crippen molar-refractivity contribution in [2.24, 2.45) is 0 Å². The molecule has 72 valence electrons. The molecule has 0 radical (unpaired) electrons. The summed E-state index contributed by atoms with van der Waals surface area (Å²) in [6.45, 7) is 3.71. The van der Waals surface area contributed by atoms with Crippen molar-refractivity contribution < 1.29 is 9.50 Å². The van der Waals surface area contributed by atoms with Gasteiger partial charge in [0, 0.05) is 5.56 Å². The van der Waals surface area contributed by atoms with Crippen LogP contribution >= 0.6 is 0 Å². The normalized spacial score (nSPS) is 11.7. The second kappa shape index (κ2) is 3.88. The topological polar surface area (TPSA) is 20.2 Å². The molecule has 0 spiro atoms. The Morgan fingerprint density at radius 3 is 2.23 bits per heavy atom. The lowest BCUT2D eigenvalue weighted by Crippen LogP contribution is -2.24. The summed E-state index contributed by atoms with van der Waals surface area (Å²) in [5, 5.41) is 10.0. The highest BCUT2D eigenvalue weighted by Crippen LogP contribution is 2.29. The second-order valence-electron chi connectivity index (χ2n) is 3.22. The van der Waals surface area contributed by atoms with Crippen molar-refractivity contribution in [3.8, 4) is 0 Å². The van der Waals surface area contributed by atoms with E-state index in [1.54, 1.807) is 18.2 Å². The molecule has 0 amide bonds. The fraction of sp³-hybridized carbons (Fsp3) is 0.455. The fourth-order valence-corrected chi connectivity index (χ4v) is 1.47. The molecule has 0 aromatic heterocycles. The molecule has 1 N–H and O–H groups in total.